The number of nitrogens with zero attached hydrogens (tertiary/aromatic N) is 1. The summed E-state index contributed by atoms with van der Waals surface area (Å²) in [7, 11) is 3.14. The van der Waals surface area contributed by atoms with Crippen LogP contribution in [0.3, 0.4) is 0 Å². The van der Waals surface area contributed by atoms with Gasteiger partial charge < -0.3 is 19.5 Å². The molecule has 0 aromatic heterocycles. The molecule has 0 fully saturated rings. The van der Waals surface area contributed by atoms with E-state index in [1.165, 1.54) is 6.08 Å². The Morgan fingerprint density at radius 1 is 1.25 bits per heavy atom. The number of carbonyl (C=O) groups is 1. The van der Waals surface area contributed by atoms with Crippen LogP contribution in [0.2, 0.25) is 0 Å². The molecule has 108 valence electrons. The van der Waals surface area contributed by atoms with Crippen molar-refractivity contribution >= 4 is 5.91 Å². The summed E-state index contributed by atoms with van der Waals surface area (Å²) in [6, 6.07) is 6.75. The quantitative estimate of drug-likeness (QED) is 0.886. The lowest BCUT2D eigenvalue weighted by molar-refractivity contribution is -0.129. The highest BCUT2D eigenvalue weighted by atomic mass is 16.5. The number of carbonyl (C=O) groups excluding carboxylic acids is 1. The van der Waals surface area contributed by atoms with Gasteiger partial charge >= 0.3 is 0 Å². The molecule has 0 spiro atoms. The van der Waals surface area contributed by atoms with E-state index in [0.717, 1.165) is 11.3 Å². The second-order valence-corrected chi connectivity index (χ2v) is 4.64. The van der Waals surface area contributed by atoms with Crippen molar-refractivity contribution in [3.63, 3.8) is 0 Å². The molecule has 2 rings (SSSR count). The van der Waals surface area contributed by atoms with Crippen molar-refractivity contribution in [3.05, 3.63) is 41.7 Å². The van der Waals surface area contributed by atoms with Gasteiger partial charge in [0.15, 0.2) is 0 Å². The van der Waals surface area contributed by atoms with Gasteiger partial charge in [0.1, 0.15) is 11.5 Å². The van der Waals surface area contributed by atoms with Crippen molar-refractivity contribution in [2.24, 2.45) is 0 Å². The molecule has 0 saturated heterocycles. The van der Waals surface area contributed by atoms with E-state index in [2.05, 4.69) is 0 Å². The highest BCUT2D eigenvalue weighted by Gasteiger charge is 2.36. The van der Waals surface area contributed by atoms with Crippen LogP contribution >= 0.6 is 0 Å². The van der Waals surface area contributed by atoms with Crippen LogP contribution < -0.4 is 4.74 Å². The molecule has 1 aliphatic rings. The lowest BCUT2D eigenvalue weighted by atomic mass is 10.0. The predicted octanol–water partition coefficient (Wildman–Crippen LogP) is 1.49. The molecule has 1 aliphatic heterocycles. The highest BCUT2D eigenvalue weighted by molar-refractivity contribution is 5.91. The van der Waals surface area contributed by atoms with Gasteiger partial charge in [-0.3, -0.25) is 4.79 Å². The highest BCUT2D eigenvalue weighted by Crippen LogP contribution is 2.31. The van der Waals surface area contributed by atoms with E-state index in [9.17, 15) is 9.90 Å². The molecule has 1 amide bonds. The van der Waals surface area contributed by atoms with Crippen LogP contribution in [0.15, 0.2) is 36.1 Å². The number of benzene rings is 1. The molecule has 2 atom stereocenters. The van der Waals surface area contributed by atoms with Crippen molar-refractivity contribution in [1.82, 2.24) is 4.90 Å². The van der Waals surface area contributed by atoms with Gasteiger partial charge in [-0.25, -0.2) is 0 Å². The molecule has 1 heterocycles. The number of aliphatic hydroxyl groups excluding tert-OH is 1. The standard InChI is InChI=1S/C15H19NO4/c1-10-14(20-3)8-15(18)16(10)13(9-17)11-4-6-12(19-2)7-5-11/h4-8,10,13,17H,9H2,1-3H3/t10-,13+/m1/s1. The maximum absolute atomic E-state index is 12.1. The Balaban J connectivity index is 2.26. The first kappa shape index (κ1) is 14.4. The van der Waals surface area contributed by atoms with E-state index in [1.54, 1.807) is 19.1 Å². The normalized spacial score (nSPS) is 19.8. The first-order valence-electron chi connectivity index (χ1n) is 6.45. The van der Waals surface area contributed by atoms with Crippen LogP contribution in [0, 0.1) is 0 Å². The molecule has 20 heavy (non-hydrogen) atoms. The molecule has 0 aliphatic carbocycles. The van der Waals surface area contributed by atoms with E-state index < -0.39 is 6.04 Å². The van der Waals surface area contributed by atoms with Crippen molar-refractivity contribution in [1.29, 1.82) is 0 Å². The topological polar surface area (TPSA) is 59.0 Å². The first-order chi connectivity index (χ1) is 9.62. The molecular formula is C15H19NO4. The lowest BCUT2D eigenvalue weighted by Gasteiger charge is -2.31. The van der Waals surface area contributed by atoms with Crippen LogP contribution in [-0.2, 0) is 9.53 Å². The van der Waals surface area contributed by atoms with Gasteiger partial charge in [-0.1, -0.05) is 12.1 Å². The van der Waals surface area contributed by atoms with Gasteiger partial charge in [0, 0.05) is 6.08 Å². The molecule has 1 aromatic rings. The zero-order valence-corrected chi connectivity index (χ0v) is 11.9. The molecule has 0 radical (unpaired) electrons. The van der Waals surface area contributed by atoms with Crippen LogP contribution in [0.5, 0.6) is 5.75 Å². The Bertz CT molecular complexity index is 509. The Hall–Kier alpha value is -2.01. The number of rotatable bonds is 5. The van der Waals surface area contributed by atoms with Crippen LogP contribution in [0.25, 0.3) is 0 Å². The number of amides is 1. The summed E-state index contributed by atoms with van der Waals surface area (Å²) in [6.45, 7) is 1.74. The number of aliphatic hydroxyl groups is 1. The molecule has 1 N–H and O–H groups in total. The van der Waals surface area contributed by atoms with Gasteiger partial charge in [-0.15, -0.1) is 0 Å². The minimum absolute atomic E-state index is 0.146. The fourth-order valence-electron chi connectivity index (χ4n) is 2.48. The summed E-state index contributed by atoms with van der Waals surface area (Å²) in [5.41, 5.74) is 0.860. The number of hydrogen-bond donors (Lipinski definition) is 1. The minimum Gasteiger partial charge on any atom is -0.499 e. The van der Waals surface area contributed by atoms with Gasteiger partial charge in [-0.05, 0) is 24.6 Å². The number of hydrogen-bond acceptors (Lipinski definition) is 4. The predicted molar refractivity (Wildman–Crippen MR) is 74.2 cm³/mol. The van der Waals surface area contributed by atoms with Crippen molar-refractivity contribution < 1.29 is 19.4 Å². The Labute approximate surface area is 118 Å². The van der Waals surface area contributed by atoms with Crippen molar-refractivity contribution in [3.8, 4) is 5.75 Å². The fraction of sp³-hybridized carbons (Fsp3) is 0.400. The molecular weight excluding hydrogens is 258 g/mol. The molecule has 1 aromatic carbocycles. The first-order valence-corrected chi connectivity index (χ1v) is 6.45. The third-order valence-electron chi connectivity index (χ3n) is 3.59. The zero-order chi connectivity index (χ0) is 14.7. The van der Waals surface area contributed by atoms with E-state index in [1.807, 2.05) is 31.2 Å². The number of ether oxygens (including phenoxy) is 2. The van der Waals surface area contributed by atoms with Crippen molar-refractivity contribution in [2.45, 2.75) is 19.0 Å². The van der Waals surface area contributed by atoms with Crippen LogP contribution in [0.1, 0.15) is 18.5 Å². The second-order valence-electron chi connectivity index (χ2n) is 4.64. The van der Waals surface area contributed by atoms with E-state index in [4.69, 9.17) is 9.47 Å². The lowest BCUT2D eigenvalue weighted by Crippen LogP contribution is -2.38. The van der Waals surface area contributed by atoms with Gasteiger partial charge in [-0.2, -0.15) is 0 Å². The Morgan fingerprint density at radius 2 is 1.90 bits per heavy atom. The zero-order valence-electron chi connectivity index (χ0n) is 11.9. The fourth-order valence-corrected chi connectivity index (χ4v) is 2.48. The summed E-state index contributed by atoms with van der Waals surface area (Å²) in [4.78, 5) is 13.7. The molecule has 5 heteroatoms. The molecule has 0 unspecified atom stereocenters. The average Bonchev–Trinajstić information content (AvgIpc) is 2.76. The van der Waals surface area contributed by atoms with Gasteiger partial charge in [0.25, 0.3) is 5.91 Å². The third-order valence-corrected chi connectivity index (χ3v) is 3.59. The number of methoxy groups -OCH3 is 2. The van der Waals surface area contributed by atoms with E-state index in [-0.39, 0.29) is 18.6 Å². The van der Waals surface area contributed by atoms with E-state index >= 15 is 0 Å². The summed E-state index contributed by atoms with van der Waals surface area (Å²) in [6.07, 6.45) is 1.47. The van der Waals surface area contributed by atoms with Crippen LogP contribution in [0.4, 0.5) is 0 Å². The average molecular weight is 277 g/mol. The summed E-state index contributed by atoms with van der Waals surface area (Å²) >= 11 is 0. The van der Waals surface area contributed by atoms with E-state index in [0.29, 0.717) is 5.76 Å². The maximum atomic E-state index is 12.1. The molecule has 0 saturated carbocycles. The monoisotopic (exact) mass is 277 g/mol. The Morgan fingerprint density at radius 3 is 2.35 bits per heavy atom. The SMILES string of the molecule is COC1=CC(=O)N([C@@H](CO)c2ccc(OC)cc2)[C@@H]1C. The van der Waals surface area contributed by atoms with Gasteiger partial charge in [0.2, 0.25) is 0 Å². The third kappa shape index (κ3) is 2.49. The van der Waals surface area contributed by atoms with Gasteiger partial charge in [0.05, 0.1) is 32.9 Å². The largest absolute Gasteiger partial charge is 0.499 e. The molecule has 0 bridgehead atoms. The smallest absolute Gasteiger partial charge is 0.251 e. The Kier molecular flexibility index (Phi) is 4.29. The van der Waals surface area contributed by atoms with Crippen molar-refractivity contribution in [2.75, 3.05) is 20.8 Å². The minimum atomic E-state index is -0.396. The molecule has 5 nitrogen and oxygen atoms in total. The second kappa shape index (κ2) is 5.96. The van der Waals surface area contributed by atoms with Crippen LogP contribution in [-0.4, -0.2) is 42.8 Å². The summed E-state index contributed by atoms with van der Waals surface area (Å²) in [5, 5.41) is 9.67. The summed E-state index contributed by atoms with van der Waals surface area (Å²) < 4.78 is 10.3. The summed E-state index contributed by atoms with van der Waals surface area (Å²) in [5.74, 6) is 1.20. The maximum Gasteiger partial charge on any atom is 0.251 e.